The van der Waals surface area contributed by atoms with Gasteiger partial charge >= 0.3 is 0 Å². The molecular formula is C8H16N2O. The van der Waals surface area contributed by atoms with Crippen LogP contribution in [0.25, 0.3) is 0 Å². The summed E-state index contributed by atoms with van der Waals surface area (Å²) < 4.78 is 0. The maximum Gasteiger partial charge on any atom is 0.240 e. The minimum atomic E-state index is -0.546. The summed E-state index contributed by atoms with van der Waals surface area (Å²) in [5.41, 5.74) is 5.33. The Morgan fingerprint density at radius 1 is 1.55 bits per heavy atom. The lowest BCUT2D eigenvalue weighted by Crippen LogP contribution is -2.51. The second-order valence-corrected chi connectivity index (χ2v) is 3.22. The molecule has 3 heteroatoms. The summed E-state index contributed by atoms with van der Waals surface area (Å²) in [5.74, 6) is 0.0255. The second kappa shape index (κ2) is 3.22. The molecule has 11 heavy (non-hydrogen) atoms. The molecule has 1 fully saturated rings. The lowest BCUT2D eigenvalue weighted by molar-refractivity contribution is -0.126. The van der Waals surface area contributed by atoms with E-state index in [1.54, 1.807) is 0 Å². The topological polar surface area (TPSA) is 55.1 Å². The van der Waals surface area contributed by atoms with Crippen molar-refractivity contribution in [1.82, 2.24) is 5.32 Å². The van der Waals surface area contributed by atoms with E-state index in [-0.39, 0.29) is 5.91 Å². The molecule has 0 aromatic carbocycles. The van der Waals surface area contributed by atoms with E-state index in [0.717, 1.165) is 25.7 Å². The van der Waals surface area contributed by atoms with Gasteiger partial charge in [0, 0.05) is 6.54 Å². The van der Waals surface area contributed by atoms with Gasteiger partial charge in [-0.15, -0.1) is 0 Å². The van der Waals surface area contributed by atoms with Crippen molar-refractivity contribution in [3.63, 3.8) is 0 Å². The molecular weight excluding hydrogens is 140 g/mol. The van der Waals surface area contributed by atoms with E-state index < -0.39 is 5.54 Å². The highest BCUT2D eigenvalue weighted by molar-refractivity contribution is 5.86. The molecule has 0 radical (unpaired) electrons. The Labute approximate surface area is 67.3 Å². The van der Waals surface area contributed by atoms with Gasteiger partial charge in [-0.2, -0.15) is 0 Å². The lowest BCUT2D eigenvalue weighted by atomic mass is 9.98. The number of hydrogen-bond donors (Lipinski definition) is 2. The molecule has 0 aromatic heterocycles. The minimum absolute atomic E-state index is 0.0255. The molecule has 0 saturated heterocycles. The summed E-state index contributed by atoms with van der Waals surface area (Å²) in [6.45, 7) is 2.59. The molecule has 1 aliphatic carbocycles. The Kier molecular flexibility index (Phi) is 2.49. The van der Waals surface area contributed by atoms with E-state index in [1.165, 1.54) is 0 Å². The Morgan fingerprint density at radius 3 is 2.55 bits per heavy atom. The standard InChI is InChI=1S/C8H16N2O/c1-2-10-7(11)8(9)5-3-4-6-8/h2-6,9H2,1H3,(H,10,11). The van der Waals surface area contributed by atoms with Gasteiger partial charge in [-0.05, 0) is 19.8 Å². The van der Waals surface area contributed by atoms with Crippen LogP contribution in [0.4, 0.5) is 0 Å². The maximum absolute atomic E-state index is 11.3. The number of hydrogen-bond acceptors (Lipinski definition) is 2. The Bertz CT molecular complexity index is 150. The van der Waals surface area contributed by atoms with Gasteiger partial charge in [0.05, 0.1) is 5.54 Å². The van der Waals surface area contributed by atoms with Crippen molar-refractivity contribution < 1.29 is 4.79 Å². The number of amides is 1. The molecule has 1 saturated carbocycles. The van der Waals surface area contributed by atoms with E-state index >= 15 is 0 Å². The molecule has 0 bridgehead atoms. The van der Waals surface area contributed by atoms with Crippen molar-refractivity contribution in [1.29, 1.82) is 0 Å². The minimum Gasteiger partial charge on any atom is -0.355 e. The predicted molar refractivity (Wildman–Crippen MR) is 44.1 cm³/mol. The van der Waals surface area contributed by atoms with Gasteiger partial charge < -0.3 is 11.1 Å². The van der Waals surface area contributed by atoms with E-state index in [4.69, 9.17) is 5.73 Å². The number of carbonyl (C=O) groups excluding carboxylic acids is 1. The third-order valence-electron chi connectivity index (χ3n) is 2.29. The fraction of sp³-hybridized carbons (Fsp3) is 0.875. The van der Waals surface area contributed by atoms with Crippen LogP contribution in [0.3, 0.4) is 0 Å². The summed E-state index contributed by atoms with van der Waals surface area (Å²) >= 11 is 0. The second-order valence-electron chi connectivity index (χ2n) is 3.22. The van der Waals surface area contributed by atoms with Gasteiger partial charge in [-0.3, -0.25) is 4.79 Å². The highest BCUT2D eigenvalue weighted by Gasteiger charge is 2.36. The van der Waals surface area contributed by atoms with Crippen LogP contribution in [-0.2, 0) is 4.79 Å². The zero-order valence-electron chi connectivity index (χ0n) is 7.02. The first-order valence-electron chi connectivity index (χ1n) is 4.26. The highest BCUT2D eigenvalue weighted by Crippen LogP contribution is 2.26. The normalized spacial score (nSPS) is 21.6. The SMILES string of the molecule is CCNC(=O)C1(N)CCCC1. The molecule has 1 rings (SSSR count). The number of likely N-dealkylation sites (N-methyl/N-ethyl adjacent to an activating group) is 1. The highest BCUT2D eigenvalue weighted by atomic mass is 16.2. The van der Waals surface area contributed by atoms with Crippen molar-refractivity contribution in [3.05, 3.63) is 0 Å². The van der Waals surface area contributed by atoms with Crippen LogP contribution < -0.4 is 11.1 Å². The van der Waals surface area contributed by atoms with Crippen LogP contribution in [0.2, 0.25) is 0 Å². The number of rotatable bonds is 2. The van der Waals surface area contributed by atoms with Crippen molar-refractivity contribution in [2.24, 2.45) is 5.73 Å². The number of nitrogens with two attached hydrogens (primary N) is 1. The molecule has 0 spiro atoms. The van der Waals surface area contributed by atoms with E-state index in [2.05, 4.69) is 5.32 Å². The third-order valence-corrected chi connectivity index (χ3v) is 2.29. The largest absolute Gasteiger partial charge is 0.355 e. The first-order chi connectivity index (χ1) is 5.19. The average molecular weight is 156 g/mol. The molecule has 1 aliphatic rings. The Morgan fingerprint density at radius 2 is 2.09 bits per heavy atom. The van der Waals surface area contributed by atoms with Gasteiger partial charge in [-0.25, -0.2) is 0 Å². The van der Waals surface area contributed by atoms with Crippen molar-refractivity contribution in [2.45, 2.75) is 38.1 Å². The fourth-order valence-corrected chi connectivity index (χ4v) is 1.57. The van der Waals surface area contributed by atoms with Crippen LogP contribution in [0, 0.1) is 0 Å². The van der Waals surface area contributed by atoms with Crippen LogP contribution >= 0.6 is 0 Å². The van der Waals surface area contributed by atoms with Crippen molar-refractivity contribution in [3.8, 4) is 0 Å². The van der Waals surface area contributed by atoms with Crippen LogP contribution in [-0.4, -0.2) is 18.0 Å². The zero-order chi connectivity index (χ0) is 8.32. The van der Waals surface area contributed by atoms with Gasteiger partial charge in [0.25, 0.3) is 0 Å². The molecule has 3 nitrogen and oxygen atoms in total. The van der Waals surface area contributed by atoms with E-state index in [0.29, 0.717) is 6.54 Å². The van der Waals surface area contributed by atoms with Gasteiger partial charge in [0.15, 0.2) is 0 Å². The smallest absolute Gasteiger partial charge is 0.240 e. The summed E-state index contributed by atoms with van der Waals surface area (Å²) in [7, 11) is 0. The first-order valence-corrected chi connectivity index (χ1v) is 4.26. The summed E-state index contributed by atoms with van der Waals surface area (Å²) in [5, 5.41) is 2.76. The van der Waals surface area contributed by atoms with Crippen LogP contribution in [0.5, 0.6) is 0 Å². The maximum atomic E-state index is 11.3. The molecule has 0 unspecified atom stereocenters. The summed E-state index contributed by atoms with van der Waals surface area (Å²) in [6.07, 6.45) is 3.87. The monoisotopic (exact) mass is 156 g/mol. The molecule has 64 valence electrons. The van der Waals surface area contributed by atoms with Gasteiger partial charge in [0.1, 0.15) is 0 Å². The predicted octanol–water partition coefficient (Wildman–Crippen LogP) is 0.394. The average Bonchev–Trinajstić information content (AvgIpc) is 2.38. The number of carbonyl (C=O) groups is 1. The fourth-order valence-electron chi connectivity index (χ4n) is 1.57. The quantitative estimate of drug-likeness (QED) is 0.608. The Hall–Kier alpha value is -0.570. The van der Waals surface area contributed by atoms with Crippen molar-refractivity contribution >= 4 is 5.91 Å². The van der Waals surface area contributed by atoms with Crippen molar-refractivity contribution in [2.75, 3.05) is 6.54 Å². The summed E-state index contributed by atoms with van der Waals surface area (Å²) in [4.78, 5) is 11.3. The molecule has 3 N–H and O–H groups in total. The van der Waals surface area contributed by atoms with E-state index in [1.807, 2.05) is 6.92 Å². The lowest BCUT2D eigenvalue weighted by Gasteiger charge is -2.21. The molecule has 0 aliphatic heterocycles. The zero-order valence-corrected chi connectivity index (χ0v) is 7.02. The first kappa shape index (κ1) is 8.53. The van der Waals surface area contributed by atoms with Gasteiger partial charge in [-0.1, -0.05) is 12.8 Å². The van der Waals surface area contributed by atoms with Crippen LogP contribution in [0.1, 0.15) is 32.6 Å². The molecule has 0 atom stereocenters. The summed E-state index contributed by atoms with van der Waals surface area (Å²) in [6, 6.07) is 0. The molecule has 1 amide bonds. The van der Waals surface area contributed by atoms with Gasteiger partial charge in [0.2, 0.25) is 5.91 Å². The molecule has 0 heterocycles. The Balaban J connectivity index is 2.49. The number of nitrogens with one attached hydrogen (secondary N) is 1. The van der Waals surface area contributed by atoms with E-state index in [9.17, 15) is 4.79 Å². The molecule has 0 aromatic rings. The van der Waals surface area contributed by atoms with Crippen LogP contribution in [0.15, 0.2) is 0 Å². The third kappa shape index (κ3) is 1.71.